The van der Waals surface area contributed by atoms with E-state index in [1.54, 1.807) is 6.07 Å². The van der Waals surface area contributed by atoms with Crippen LogP contribution in [0, 0.1) is 5.92 Å². The van der Waals surface area contributed by atoms with E-state index in [1.807, 2.05) is 24.3 Å². The van der Waals surface area contributed by atoms with Crippen LogP contribution in [-0.2, 0) is 6.54 Å². The summed E-state index contributed by atoms with van der Waals surface area (Å²) in [6.07, 6.45) is 2.26. The van der Waals surface area contributed by atoms with Gasteiger partial charge in [-0.3, -0.25) is 9.69 Å². The first-order valence-electron chi connectivity index (χ1n) is 8.83. The first-order chi connectivity index (χ1) is 12.1. The number of carbonyl (C=O) groups is 1. The highest BCUT2D eigenvalue weighted by atomic mass is 35.5. The second kappa shape index (κ2) is 6.81. The predicted molar refractivity (Wildman–Crippen MR) is 95.6 cm³/mol. The van der Waals surface area contributed by atoms with Gasteiger partial charge >= 0.3 is 0 Å². The van der Waals surface area contributed by atoms with E-state index < -0.39 is 0 Å². The quantitative estimate of drug-likeness (QED) is 0.888. The molecule has 5 nitrogen and oxygen atoms in total. The van der Waals surface area contributed by atoms with Crippen LogP contribution < -0.4 is 5.32 Å². The second-order valence-corrected chi connectivity index (χ2v) is 7.64. The molecule has 1 aromatic heterocycles. The molecule has 0 unspecified atom stereocenters. The predicted octanol–water partition coefficient (Wildman–Crippen LogP) is 3.46. The number of nitrogens with zero attached hydrogens (tertiary/aromatic N) is 2. The van der Waals surface area contributed by atoms with E-state index in [0.717, 1.165) is 48.8 Å². The number of rotatable bonds is 5. The van der Waals surface area contributed by atoms with E-state index in [0.29, 0.717) is 17.5 Å². The monoisotopic (exact) mass is 359 g/mol. The maximum Gasteiger partial charge on any atom is 0.273 e. The molecule has 132 valence electrons. The van der Waals surface area contributed by atoms with E-state index in [1.165, 1.54) is 0 Å². The molecule has 1 saturated carbocycles. The Morgan fingerprint density at radius 2 is 2.16 bits per heavy atom. The number of amides is 1. The van der Waals surface area contributed by atoms with Crippen molar-refractivity contribution >= 4 is 17.5 Å². The van der Waals surface area contributed by atoms with Gasteiger partial charge in [0.1, 0.15) is 5.76 Å². The minimum absolute atomic E-state index is 0.107. The third-order valence-electron chi connectivity index (χ3n) is 5.10. The molecule has 0 radical (unpaired) electrons. The van der Waals surface area contributed by atoms with Gasteiger partial charge in [-0.05, 0) is 30.4 Å². The average Bonchev–Trinajstić information content (AvgIpc) is 3.22. The number of benzene rings is 1. The third-order valence-corrected chi connectivity index (χ3v) is 5.47. The molecule has 1 aliphatic heterocycles. The molecule has 2 heterocycles. The van der Waals surface area contributed by atoms with E-state index >= 15 is 0 Å². The van der Waals surface area contributed by atoms with Gasteiger partial charge in [0.25, 0.3) is 5.91 Å². The fourth-order valence-corrected chi connectivity index (χ4v) is 3.65. The number of nitrogens with one attached hydrogen (secondary N) is 1. The average molecular weight is 360 g/mol. The van der Waals surface area contributed by atoms with Crippen molar-refractivity contribution in [3.05, 3.63) is 52.4 Å². The van der Waals surface area contributed by atoms with Gasteiger partial charge in [0, 0.05) is 42.7 Å². The SMILES string of the molecule is C[C@H]1CN(Cc2ccccc2Cl)C[C@H]1NC(=O)c1cc(C2CC2)on1. The van der Waals surface area contributed by atoms with E-state index in [-0.39, 0.29) is 11.9 Å². The fourth-order valence-electron chi connectivity index (χ4n) is 3.45. The number of carbonyl (C=O) groups excluding carboxylic acids is 1. The Morgan fingerprint density at radius 3 is 2.92 bits per heavy atom. The van der Waals surface area contributed by atoms with Crippen molar-refractivity contribution in [2.45, 2.75) is 38.3 Å². The molecule has 4 rings (SSSR count). The number of likely N-dealkylation sites (tertiary alicyclic amines) is 1. The van der Waals surface area contributed by atoms with Crippen molar-refractivity contribution < 1.29 is 9.32 Å². The lowest BCUT2D eigenvalue weighted by Gasteiger charge is -2.17. The molecule has 1 saturated heterocycles. The van der Waals surface area contributed by atoms with Gasteiger partial charge < -0.3 is 9.84 Å². The highest BCUT2D eigenvalue weighted by Crippen LogP contribution is 2.40. The van der Waals surface area contributed by atoms with Crippen LogP contribution in [-0.4, -0.2) is 35.1 Å². The highest BCUT2D eigenvalue weighted by Gasteiger charge is 2.33. The van der Waals surface area contributed by atoms with E-state index in [4.69, 9.17) is 16.1 Å². The molecule has 2 atom stereocenters. The smallest absolute Gasteiger partial charge is 0.273 e. The number of halogens is 1. The van der Waals surface area contributed by atoms with Crippen molar-refractivity contribution in [1.82, 2.24) is 15.4 Å². The molecule has 0 bridgehead atoms. The third kappa shape index (κ3) is 3.72. The molecular formula is C19H22ClN3O2. The standard InChI is InChI=1S/C19H22ClN3O2/c1-12-9-23(10-14-4-2-3-5-15(14)20)11-17(12)21-19(24)16-8-18(25-22-16)13-6-7-13/h2-5,8,12-13,17H,6-7,9-11H2,1H3,(H,21,24)/t12-,17+/m0/s1. The number of hydrogen-bond acceptors (Lipinski definition) is 4. The summed E-state index contributed by atoms with van der Waals surface area (Å²) in [6.45, 7) is 4.70. The molecule has 1 aromatic carbocycles. The summed E-state index contributed by atoms with van der Waals surface area (Å²) < 4.78 is 5.28. The minimum atomic E-state index is -0.146. The van der Waals surface area contributed by atoms with Crippen LogP contribution in [0.4, 0.5) is 0 Å². The number of hydrogen-bond donors (Lipinski definition) is 1. The molecule has 2 aromatic rings. The maximum absolute atomic E-state index is 12.4. The normalized spacial score (nSPS) is 23.8. The van der Waals surface area contributed by atoms with E-state index in [2.05, 4.69) is 22.3 Å². The summed E-state index contributed by atoms with van der Waals surface area (Å²) >= 11 is 6.26. The van der Waals surface area contributed by atoms with Crippen LogP contribution in [0.5, 0.6) is 0 Å². The van der Waals surface area contributed by atoms with Gasteiger partial charge in [0.15, 0.2) is 5.69 Å². The van der Waals surface area contributed by atoms with Crippen molar-refractivity contribution in [1.29, 1.82) is 0 Å². The van der Waals surface area contributed by atoms with Gasteiger partial charge in [-0.25, -0.2) is 0 Å². The molecule has 6 heteroatoms. The maximum atomic E-state index is 12.4. The molecule has 1 N–H and O–H groups in total. The van der Waals surface area contributed by atoms with Crippen LogP contribution in [0.15, 0.2) is 34.9 Å². The highest BCUT2D eigenvalue weighted by molar-refractivity contribution is 6.31. The van der Waals surface area contributed by atoms with Crippen LogP contribution in [0.3, 0.4) is 0 Å². The van der Waals surface area contributed by atoms with E-state index in [9.17, 15) is 4.79 Å². The van der Waals surface area contributed by atoms with Crippen LogP contribution in [0.1, 0.15) is 47.5 Å². The molecular weight excluding hydrogens is 338 g/mol. The topological polar surface area (TPSA) is 58.4 Å². The Kier molecular flexibility index (Phi) is 4.52. The van der Waals surface area contributed by atoms with Crippen LogP contribution in [0.25, 0.3) is 0 Å². The number of aromatic nitrogens is 1. The molecule has 1 amide bonds. The zero-order valence-electron chi connectivity index (χ0n) is 14.2. The van der Waals surface area contributed by atoms with Crippen molar-refractivity contribution in [2.75, 3.05) is 13.1 Å². The molecule has 2 aliphatic rings. The molecule has 1 aliphatic carbocycles. The second-order valence-electron chi connectivity index (χ2n) is 7.23. The first-order valence-corrected chi connectivity index (χ1v) is 9.21. The lowest BCUT2D eigenvalue weighted by atomic mass is 10.1. The van der Waals surface area contributed by atoms with Gasteiger partial charge in [0.2, 0.25) is 0 Å². The Bertz CT molecular complexity index is 772. The summed E-state index contributed by atoms with van der Waals surface area (Å²) in [5, 5.41) is 7.83. The summed E-state index contributed by atoms with van der Waals surface area (Å²) in [6, 6.07) is 9.80. The summed E-state index contributed by atoms with van der Waals surface area (Å²) in [5.41, 5.74) is 1.51. The Morgan fingerprint density at radius 1 is 1.36 bits per heavy atom. The van der Waals surface area contributed by atoms with Gasteiger partial charge in [0.05, 0.1) is 0 Å². The largest absolute Gasteiger partial charge is 0.360 e. The zero-order chi connectivity index (χ0) is 17.4. The first kappa shape index (κ1) is 16.6. The van der Waals surface area contributed by atoms with Crippen LogP contribution in [0.2, 0.25) is 5.02 Å². The summed E-state index contributed by atoms with van der Waals surface area (Å²) in [4.78, 5) is 14.8. The minimum Gasteiger partial charge on any atom is -0.360 e. The molecule has 0 spiro atoms. The van der Waals surface area contributed by atoms with Crippen molar-refractivity contribution in [2.24, 2.45) is 5.92 Å². The zero-order valence-corrected chi connectivity index (χ0v) is 15.0. The lowest BCUT2D eigenvalue weighted by Crippen LogP contribution is -2.40. The molecule has 25 heavy (non-hydrogen) atoms. The lowest BCUT2D eigenvalue weighted by molar-refractivity contribution is 0.0922. The van der Waals surface area contributed by atoms with Crippen LogP contribution >= 0.6 is 11.6 Å². The van der Waals surface area contributed by atoms with Crippen molar-refractivity contribution in [3.63, 3.8) is 0 Å². The summed E-state index contributed by atoms with van der Waals surface area (Å²) in [5.74, 6) is 1.53. The van der Waals surface area contributed by atoms with Gasteiger partial charge in [-0.15, -0.1) is 0 Å². The fraction of sp³-hybridized carbons (Fsp3) is 0.474. The molecule has 2 fully saturated rings. The Labute approximate surface area is 152 Å². The van der Waals surface area contributed by atoms with Gasteiger partial charge in [-0.2, -0.15) is 0 Å². The summed E-state index contributed by atoms with van der Waals surface area (Å²) in [7, 11) is 0. The Balaban J connectivity index is 1.36. The Hall–Kier alpha value is -1.85. The van der Waals surface area contributed by atoms with Crippen molar-refractivity contribution in [3.8, 4) is 0 Å². The van der Waals surface area contributed by atoms with Gasteiger partial charge in [-0.1, -0.05) is 41.9 Å².